The Hall–Kier alpha value is -1.62. The fourth-order valence-corrected chi connectivity index (χ4v) is 3.19. The maximum atomic E-state index is 5.55. The SMILES string of the molecule is CCNC1CCCCCC1c1nc(-c2occc2C)no1. The molecule has 114 valence electrons. The minimum atomic E-state index is 0.309. The molecule has 2 heterocycles. The molecule has 0 amide bonds. The van der Waals surface area contributed by atoms with Gasteiger partial charge >= 0.3 is 0 Å². The summed E-state index contributed by atoms with van der Waals surface area (Å²) < 4.78 is 11.0. The predicted molar refractivity (Wildman–Crippen MR) is 80.0 cm³/mol. The smallest absolute Gasteiger partial charge is 0.238 e. The summed E-state index contributed by atoms with van der Waals surface area (Å²) in [7, 11) is 0. The summed E-state index contributed by atoms with van der Waals surface area (Å²) in [5.41, 5.74) is 1.03. The quantitative estimate of drug-likeness (QED) is 0.870. The van der Waals surface area contributed by atoms with Crippen molar-refractivity contribution in [1.29, 1.82) is 0 Å². The van der Waals surface area contributed by atoms with E-state index < -0.39 is 0 Å². The van der Waals surface area contributed by atoms with Crippen LogP contribution >= 0.6 is 0 Å². The molecule has 5 heteroatoms. The first kappa shape index (κ1) is 14.3. The second kappa shape index (κ2) is 6.43. The summed E-state index contributed by atoms with van der Waals surface area (Å²) in [6, 6.07) is 2.35. The molecular formula is C16H23N3O2. The minimum absolute atomic E-state index is 0.309. The third kappa shape index (κ3) is 3.02. The second-order valence-corrected chi connectivity index (χ2v) is 5.80. The fourth-order valence-electron chi connectivity index (χ4n) is 3.19. The monoisotopic (exact) mass is 289 g/mol. The van der Waals surface area contributed by atoms with E-state index in [9.17, 15) is 0 Å². The number of aromatic nitrogens is 2. The number of aryl methyl sites for hydroxylation is 1. The highest BCUT2D eigenvalue weighted by Crippen LogP contribution is 2.32. The van der Waals surface area contributed by atoms with Gasteiger partial charge in [0.05, 0.1) is 12.2 Å². The van der Waals surface area contributed by atoms with Crippen molar-refractivity contribution in [2.45, 2.75) is 57.9 Å². The van der Waals surface area contributed by atoms with Crippen molar-refractivity contribution in [3.63, 3.8) is 0 Å². The average Bonchev–Trinajstić information content (AvgIpc) is 3.05. The van der Waals surface area contributed by atoms with Gasteiger partial charge in [0, 0.05) is 6.04 Å². The van der Waals surface area contributed by atoms with Crippen molar-refractivity contribution in [1.82, 2.24) is 15.5 Å². The van der Waals surface area contributed by atoms with E-state index in [1.165, 1.54) is 25.7 Å². The van der Waals surface area contributed by atoms with Gasteiger partial charge in [-0.25, -0.2) is 0 Å². The van der Waals surface area contributed by atoms with Crippen LogP contribution in [0.1, 0.15) is 56.4 Å². The van der Waals surface area contributed by atoms with Crippen LogP contribution in [0.25, 0.3) is 11.6 Å². The zero-order valence-electron chi connectivity index (χ0n) is 12.8. The normalized spacial score (nSPS) is 23.1. The first-order valence-electron chi connectivity index (χ1n) is 7.91. The van der Waals surface area contributed by atoms with Gasteiger partial charge in [0.25, 0.3) is 0 Å². The molecule has 1 N–H and O–H groups in total. The van der Waals surface area contributed by atoms with Gasteiger partial charge in [0.1, 0.15) is 0 Å². The molecule has 1 aliphatic carbocycles. The highest BCUT2D eigenvalue weighted by molar-refractivity contribution is 5.51. The Bertz CT molecular complexity index is 576. The van der Waals surface area contributed by atoms with E-state index in [1.54, 1.807) is 6.26 Å². The van der Waals surface area contributed by atoms with Crippen molar-refractivity contribution in [3.05, 3.63) is 23.8 Å². The fraction of sp³-hybridized carbons (Fsp3) is 0.625. The Morgan fingerprint density at radius 2 is 2.14 bits per heavy atom. The van der Waals surface area contributed by atoms with Crippen LogP contribution in [0, 0.1) is 6.92 Å². The molecule has 0 spiro atoms. The zero-order valence-corrected chi connectivity index (χ0v) is 12.8. The molecule has 2 aromatic heterocycles. The Morgan fingerprint density at radius 3 is 2.90 bits per heavy atom. The molecule has 0 saturated heterocycles. The molecule has 3 rings (SSSR count). The first-order valence-corrected chi connectivity index (χ1v) is 7.91. The van der Waals surface area contributed by atoms with E-state index in [0.29, 0.717) is 23.5 Å². The number of hydrogen-bond donors (Lipinski definition) is 1. The van der Waals surface area contributed by atoms with Gasteiger partial charge in [-0.05, 0) is 37.9 Å². The van der Waals surface area contributed by atoms with Gasteiger partial charge in [-0.15, -0.1) is 0 Å². The van der Waals surface area contributed by atoms with Crippen molar-refractivity contribution >= 4 is 0 Å². The van der Waals surface area contributed by atoms with E-state index >= 15 is 0 Å². The molecule has 0 bridgehead atoms. The van der Waals surface area contributed by atoms with Crippen molar-refractivity contribution in [2.75, 3.05) is 6.54 Å². The van der Waals surface area contributed by atoms with Crippen molar-refractivity contribution in [2.24, 2.45) is 0 Å². The van der Waals surface area contributed by atoms with Gasteiger partial charge in [0.2, 0.25) is 11.7 Å². The third-order valence-electron chi connectivity index (χ3n) is 4.31. The van der Waals surface area contributed by atoms with E-state index in [2.05, 4.69) is 22.4 Å². The van der Waals surface area contributed by atoms with E-state index in [4.69, 9.17) is 8.94 Å². The number of nitrogens with one attached hydrogen (secondary N) is 1. The standard InChI is InChI=1S/C16H23N3O2/c1-3-17-13-8-6-4-5-7-12(13)16-18-15(19-21-16)14-11(2)9-10-20-14/h9-10,12-13,17H,3-8H2,1-2H3. The minimum Gasteiger partial charge on any atom is -0.461 e. The van der Waals surface area contributed by atoms with Gasteiger partial charge in [-0.1, -0.05) is 31.3 Å². The lowest BCUT2D eigenvalue weighted by Crippen LogP contribution is -2.34. The van der Waals surface area contributed by atoms with E-state index in [1.807, 2.05) is 13.0 Å². The lowest BCUT2D eigenvalue weighted by atomic mass is 9.94. The highest BCUT2D eigenvalue weighted by Gasteiger charge is 2.29. The van der Waals surface area contributed by atoms with Crippen LogP contribution in [0.2, 0.25) is 0 Å². The lowest BCUT2D eigenvalue weighted by Gasteiger charge is -2.22. The van der Waals surface area contributed by atoms with Crippen LogP contribution in [-0.2, 0) is 0 Å². The van der Waals surface area contributed by atoms with Crippen LogP contribution in [0.4, 0.5) is 0 Å². The molecule has 21 heavy (non-hydrogen) atoms. The number of likely N-dealkylation sites (N-methyl/N-ethyl adjacent to an activating group) is 1. The molecule has 2 aromatic rings. The summed E-state index contributed by atoms with van der Waals surface area (Å²) >= 11 is 0. The molecule has 0 radical (unpaired) electrons. The highest BCUT2D eigenvalue weighted by atomic mass is 16.5. The van der Waals surface area contributed by atoms with Gasteiger partial charge in [-0.2, -0.15) is 4.98 Å². The maximum Gasteiger partial charge on any atom is 0.238 e. The second-order valence-electron chi connectivity index (χ2n) is 5.80. The molecular weight excluding hydrogens is 266 g/mol. The summed E-state index contributed by atoms with van der Waals surface area (Å²) in [6.07, 6.45) is 7.73. The molecule has 2 atom stereocenters. The summed E-state index contributed by atoms with van der Waals surface area (Å²) in [6.45, 7) is 5.11. The van der Waals surface area contributed by atoms with Crippen LogP contribution in [0.15, 0.2) is 21.3 Å². The molecule has 5 nitrogen and oxygen atoms in total. The number of hydrogen-bond acceptors (Lipinski definition) is 5. The number of rotatable bonds is 4. The molecule has 0 aromatic carbocycles. The first-order chi connectivity index (χ1) is 10.3. The van der Waals surface area contributed by atoms with Crippen LogP contribution in [-0.4, -0.2) is 22.7 Å². The molecule has 1 aliphatic rings. The van der Waals surface area contributed by atoms with Crippen LogP contribution < -0.4 is 5.32 Å². The molecule has 0 aliphatic heterocycles. The van der Waals surface area contributed by atoms with Crippen molar-refractivity contribution < 1.29 is 8.94 Å². The topological polar surface area (TPSA) is 64.1 Å². The number of nitrogens with zero attached hydrogens (tertiary/aromatic N) is 2. The predicted octanol–water partition coefficient (Wildman–Crippen LogP) is 3.66. The van der Waals surface area contributed by atoms with Crippen molar-refractivity contribution in [3.8, 4) is 11.6 Å². The Kier molecular flexibility index (Phi) is 4.39. The van der Waals surface area contributed by atoms with Gasteiger partial charge < -0.3 is 14.3 Å². The Balaban J connectivity index is 1.84. The number of furan rings is 1. The largest absolute Gasteiger partial charge is 0.461 e. The summed E-state index contributed by atoms with van der Waals surface area (Å²) in [5.74, 6) is 2.32. The van der Waals surface area contributed by atoms with E-state index in [-0.39, 0.29) is 0 Å². The third-order valence-corrected chi connectivity index (χ3v) is 4.31. The summed E-state index contributed by atoms with van der Waals surface area (Å²) in [5, 5.41) is 7.69. The van der Waals surface area contributed by atoms with Crippen LogP contribution in [0.3, 0.4) is 0 Å². The van der Waals surface area contributed by atoms with Gasteiger partial charge in [-0.3, -0.25) is 0 Å². The maximum absolute atomic E-state index is 5.55. The lowest BCUT2D eigenvalue weighted by molar-refractivity contribution is 0.306. The Morgan fingerprint density at radius 1 is 1.29 bits per heavy atom. The van der Waals surface area contributed by atoms with Gasteiger partial charge in [0.15, 0.2) is 5.76 Å². The molecule has 1 fully saturated rings. The zero-order chi connectivity index (χ0) is 14.7. The molecule has 1 saturated carbocycles. The van der Waals surface area contributed by atoms with E-state index in [0.717, 1.165) is 24.4 Å². The Labute approximate surface area is 125 Å². The van der Waals surface area contributed by atoms with Crippen LogP contribution in [0.5, 0.6) is 0 Å². The average molecular weight is 289 g/mol. The molecule has 2 unspecified atom stereocenters. The summed E-state index contributed by atoms with van der Waals surface area (Å²) in [4.78, 5) is 4.60.